The largest absolute Gasteiger partial charge is 0.326 e. The molecule has 0 heterocycles. The number of carbonyl (C=O) groups is 1. The minimum atomic E-state index is -0.941. The van der Waals surface area contributed by atoms with E-state index in [1.165, 1.54) is 13.0 Å². The van der Waals surface area contributed by atoms with Crippen molar-refractivity contribution in [2.45, 2.75) is 52.5 Å². The van der Waals surface area contributed by atoms with Gasteiger partial charge in [-0.25, -0.2) is 8.78 Å². The highest BCUT2D eigenvalue weighted by Gasteiger charge is 2.24. The molecule has 1 unspecified atom stereocenters. The van der Waals surface area contributed by atoms with Crippen molar-refractivity contribution < 1.29 is 13.6 Å². The Labute approximate surface area is 114 Å². The van der Waals surface area contributed by atoms with Crippen LogP contribution in [0.1, 0.15) is 52.5 Å². The molecule has 0 aliphatic heterocycles. The van der Waals surface area contributed by atoms with Crippen LogP contribution >= 0.6 is 0 Å². The molecule has 0 saturated heterocycles. The van der Waals surface area contributed by atoms with Crippen LogP contribution in [0, 0.1) is 11.6 Å². The molecule has 19 heavy (non-hydrogen) atoms. The molecule has 0 saturated carbocycles. The van der Waals surface area contributed by atoms with Crippen molar-refractivity contribution in [3.63, 3.8) is 0 Å². The van der Waals surface area contributed by atoms with Gasteiger partial charge >= 0.3 is 0 Å². The molecule has 0 fully saturated rings. The van der Waals surface area contributed by atoms with Crippen LogP contribution in [0.15, 0.2) is 18.2 Å². The van der Waals surface area contributed by atoms with Gasteiger partial charge in [-0.15, -0.1) is 0 Å². The maximum Gasteiger partial charge on any atom is 0.159 e. The summed E-state index contributed by atoms with van der Waals surface area (Å²) in [5.41, 5.74) is 5.79. The number of Topliss-reactive ketones (excluding diaryl/α,β-unsaturated/α-hetero) is 1. The Kier molecular flexibility index (Phi) is 6.84. The predicted octanol–water partition coefficient (Wildman–Crippen LogP) is 3.79. The first kappa shape index (κ1) is 17.7. The summed E-state index contributed by atoms with van der Waals surface area (Å²) < 4.78 is 25.9. The second kappa shape index (κ2) is 7.34. The van der Waals surface area contributed by atoms with Gasteiger partial charge in [-0.3, -0.25) is 4.79 Å². The Morgan fingerprint density at radius 2 is 1.79 bits per heavy atom. The average Bonchev–Trinajstić information content (AvgIpc) is 2.31. The van der Waals surface area contributed by atoms with Crippen molar-refractivity contribution in [2.75, 3.05) is 0 Å². The highest BCUT2D eigenvalue weighted by atomic mass is 19.2. The van der Waals surface area contributed by atoms with Gasteiger partial charge in [0, 0.05) is 11.5 Å². The molecular weight excluding hydrogens is 248 g/mol. The van der Waals surface area contributed by atoms with Crippen LogP contribution in [0.25, 0.3) is 0 Å². The van der Waals surface area contributed by atoms with E-state index < -0.39 is 23.1 Å². The van der Waals surface area contributed by atoms with Crippen LogP contribution in [0.2, 0.25) is 0 Å². The number of nitrogens with two attached hydrogens (primary N) is 1. The van der Waals surface area contributed by atoms with Crippen LogP contribution < -0.4 is 5.73 Å². The summed E-state index contributed by atoms with van der Waals surface area (Å²) >= 11 is 0. The van der Waals surface area contributed by atoms with Gasteiger partial charge in [0.15, 0.2) is 11.6 Å². The van der Waals surface area contributed by atoms with Crippen molar-refractivity contribution in [3.05, 3.63) is 35.4 Å². The monoisotopic (exact) mass is 271 g/mol. The Balaban J connectivity index is 0.00000154. The first-order valence-electron chi connectivity index (χ1n) is 6.45. The van der Waals surface area contributed by atoms with Crippen molar-refractivity contribution in [1.29, 1.82) is 0 Å². The lowest BCUT2D eigenvalue weighted by molar-refractivity contribution is -0.118. The molecule has 2 nitrogen and oxygen atoms in total. The normalized spacial score (nSPS) is 12.4. The van der Waals surface area contributed by atoms with Gasteiger partial charge in [-0.05, 0) is 44.9 Å². The standard InChI is InChI=1S/C13H17F2NO.C2H6/c1-8(17)10(7-13(2,3)16)9-4-5-11(14)12(15)6-9;1-2/h4-6,10H,7,16H2,1-3H3;1-2H3. The molecule has 1 aromatic carbocycles. The summed E-state index contributed by atoms with van der Waals surface area (Å²) in [6.07, 6.45) is 0.396. The molecule has 1 atom stereocenters. The number of halogens is 2. The Morgan fingerprint density at radius 1 is 1.26 bits per heavy atom. The highest BCUT2D eigenvalue weighted by molar-refractivity contribution is 5.83. The molecule has 0 aliphatic rings. The van der Waals surface area contributed by atoms with E-state index in [2.05, 4.69) is 0 Å². The highest BCUT2D eigenvalue weighted by Crippen LogP contribution is 2.26. The molecule has 1 aromatic rings. The second-order valence-electron chi connectivity index (χ2n) is 5.03. The Bertz CT molecular complexity index is 425. The van der Waals surface area contributed by atoms with Crippen LogP contribution in [0.4, 0.5) is 8.78 Å². The molecule has 108 valence electrons. The number of hydrogen-bond acceptors (Lipinski definition) is 2. The van der Waals surface area contributed by atoms with Crippen molar-refractivity contribution in [1.82, 2.24) is 0 Å². The van der Waals surface area contributed by atoms with E-state index in [1.807, 2.05) is 13.8 Å². The Hall–Kier alpha value is -1.29. The van der Waals surface area contributed by atoms with Gasteiger partial charge in [-0.2, -0.15) is 0 Å². The van der Waals surface area contributed by atoms with Gasteiger partial charge in [0.1, 0.15) is 5.78 Å². The lowest BCUT2D eigenvalue weighted by Gasteiger charge is -2.24. The van der Waals surface area contributed by atoms with Gasteiger partial charge in [0.2, 0.25) is 0 Å². The fourth-order valence-corrected chi connectivity index (χ4v) is 1.75. The molecule has 0 bridgehead atoms. The lowest BCUT2D eigenvalue weighted by atomic mass is 9.84. The topological polar surface area (TPSA) is 43.1 Å². The molecule has 0 aromatic heterocycles. The van der Waals surface area contributed by atoms with E-state index in [0.29, 0.717) is 12.0 Å². The van der Waals surface area contributed by atoms with Gasteiger partial charge in [0.25, 0.3) is 0 Å². The first-order valence-corrected chi connectivity index (χ1v) is 6.45. The quantitative estimate of drug-likeness (QED) is 0.905. The molecule has 4 heteroatoms. The maximum atomic E-state index is 13.1. The third kappa shape index (κ3) is 5.92. The number of rotatable bonds is 4. The summed E-state index contributed by atoms with van der Waals surface area (Å²) in [4.78, 5) is 11.5. The summed E-state index contributed by atoms with van der Waals surface area (Å²) in [7, 11) is 0. The first-order chi connectivity index (χ1) is 8.70. The van der Waals surface area contributed by atoms with Crippen LogP contribution in [-0.2, 0) is 4.79 Å². The van der Waals surface area contributed by atoms with Crippen molar-refractivity contribution >= 4 is 5.78 Å². The molecular formula is C15H23F2NO. The lowest BCUT2D eigenvalue weighted by Crippen LogP contribution is -2.35. The van der Waals surface area contributed by atoms with Crippen LogP contribution in [0.3, 0.4) is 0 Å². The number of ketones is 1. The smallest absolute Gasteiger partial charge is 0.159 e. The van der Waals surface area contributed by atoms with Crippen molar-refractivity contribution in [3.8, 4) is 0 Å². The van der Waals surface area contributed by atoms with Crippen LogP contribution in [-0.4, -0.2) is 11.3 Å². The SMILES string of the molecule is CC.CC(=O)C(CC(C)(C)N)c1ccc(F)c(F)c1. The minimum absolute atomic E-state index is 0.102. The van der Waals surface area contributed by atoms with E-state index in [9.17, 15) is 13.6 Å². The van der Waals surface area contributed by atoms with Gasteiger partial charge < -0.3 is 5.73 Å². The summed E-state index contributed by atoms with van der Waals surface area (Å²) in [6, 6.07) is 3.52. The number of hydrogen-bond donors (Lipinski definition) is 1. The van der Waals surface area contributed by atoms with Crippen molar-refractivity contribution in [2.24, 2.45) is 5.73 Å². The second-order valence-corrected chi connectivity index (χ2v) is 5.03. The maximum absolute atomic E-state index is 13.1. The molecule has 1 rings (SSSR count). The summed E-state index contributed by atoms with van der Waals surface area (Å²) in [5.74, 6) is -2.45. The zero-order valence-electron chi connectivity index (χ0n) is 12.3. The fraction of sp³-hybridized carbons (Fsp3) is 0.533. The molecule has 0 aliphatic carbocycles. The number of benzene rings is 1. The third-order valence-corrected chi connectivity index (χ3v) is 2.57. The van der Waals surface area contributed by atoms with E-state index in [1.54, 1.807) is 13.8 Å². The predicted molar refractivity (Wildman–Crippen MR) is 74.0 cm³/mol. The Morgan fingerprint density at radius 3 is 2.16 bits per heavy atom. The van der Waals surface area contributed by atoms with E-state index in [0.717, 1.165) is 12.1 Å². The zero-order valence-corrected chi connectivity index (χ0v) is 12.3. The minimum Gasteiger partial charge on any atom is -0.326 e. The van der Waals surface area contributed by atoms with E-state index in [-0.39, 0.29) is 5.78 Å². The molecule has 0 radical (unpaired) electrons. The summed E-state index contributed by atoms with van der Waals surface area (Å²) in [5, 5.41) is 0. The van der Waals surface area contributed by atoms with Gasteiger partial charge in [-0.1, -0.05) is 19.9 Å². The molecule has 0 spiro atoms. The van der Waals surface area contributed by atoms with E-state index >= 15 is 0 Å². The van der Waals surface area contributed by atoms with Crippen LogP contribution in [0.5, 0.6) is 0 Å². The number of carbonyl (C=O) groups excluding carboxylic acids is 1. The molecule has 0 amide bonds. The fourth-order valence-electron chi connectivity index (χ4n) is 1.75. The molecule has 2 N–H and O–H groups in total. The van der Waals surface area contributed by atoms with E-state index in [4.69, 9.17) is 5.73 Å². The van der Waals surface area contributed by atoms with Gasteiger partial charge in [0.05, 0.1) is 0 Å². The average molecular weight is 271 g/mol. The summed E-state index contributed by atoms with van der Waals surface area (Å²) in [6.45, 7) is 9.02. The zero-order chi connectivity index (χ0) is 15.2. The third-order valence-electron chi connectivity index (χ3n) is 2.57.